The van der Waals surface area contributed by atoms with Crippen molar-refractivity contribution in [3.63, 3.8) is 0 Å². The van der Waals surface area contributed by atoms with Crippen molar-refractivity contribution in [2.24, 2.45) is 0 Å². The molecule has 0 spiro atoms. The van der Waals surface area contributed by atoms with Crippen molar-refractivity contribution in [3.05, 3.63) is 87.0 Å². The lowest BCUT2D eigenvalue weighted by molar-refractivity contribution is -0.344. The number of allylic oxidation sites excluding steroid dienone is 2. The van der Waals surface area contributed by atoms with Crippen LogP contribution in [0, 0.1) is 0 Å². The van der Waals surface area contributed by atoms with E-state index in [1.165, 1.54) is 399 Å². The van der Waals surface area contributed by atoms with Crippen LogP contribution in [-0.4, -0.2) is 4.70 Å². The van der Waals surface area contributed by atoms with Gasteiger partial charge in [0.05, 0.1) is 0 Å². The van der Waals surface area contributed by atoms with E-state index in [0.717, 1.165) is 49.9 Å². The van der Waals surface area contributed by atoms with Gasteiger partial charge in [0.1, 0.15) is 0 Å². The Bertz CT molecular complexity index is 1800. The molecule has 0 amide bonds. The highest BCUT2D eigenvalue weighted by atomic mass is 15.2. The highest BCUT2D eigenvalue weighted by Crippen LogP contribution is 2.39. The topological polar surface area (TPSA) is 25.3 Å². The van der Waals surface area contributed by atoms with E-state index in [1.807, 2.05) is 0 Å². The molecule has 0 radical (unpaired) electrons. The van der Waals surface area contributed by atoms with Gasteiger partial charge in [-0.15, -0.1) is 0 Å². The molecule has 0 fully saturated rings. The van der Waals surface area contributed by atoms with Gasteiger partial charge in [-0.3, -0.25) is 0 Å². The summed E-state index contributed by atoms with van der Waals surface area (Å²) >= 11 is 0. The average molecular weight is 1170 g/mol. The van der Waals surface area contributed by atoms with Crippen molar-refractivity contribution < 1.29 is 4.70 Å². The molecule has 488 valence electrons. The standard InChI is InChI=1S/C83H146N2/c1-6-11-16-18-20-22-24-26-28-30-32-34-36-38-40-42-44-46-48-50-52-54-56-58-61-65-77-69-78(66-62-59-57-55-53-51-49-47-45-43-41-39-37-35-33-31-29-27-25-23-21-19-17-12-7-2)73-81(72-77)83-79(67-60-13-8-3)74-82(85(83)84)80-70-75(63-14-9-4)68-76(71-80)64-15-10-5/h68-74H,6-67H2,1-5H3. The Kier molecular flexibility index (Phi) is 51.2. The van der Waals surface area contributed by atoms with E-state index in [0.29, 0.717) is 0 Å². The van der Waals surface area contributed by atoms with Crippen molar-refractivity contribution in [2.45, 2.75) is 433 Å². The summed E-state index contributed by atoms with van der Waals surface area (Å²) in [4.78, 5) is 0. The third-order valence-electron chi connectivity index (χ3n) is 19.6. The van der Waals surface area contributed by atoms with Gasteiger partial charge in [-0.1, -0.05) is 381 Å². The lowest BCUT2D eigenvalue weighted by Gasteiger charge is -2.15. The second-order valence-electron chi connectivity index (χ2n) is 27.9. The van der Waals surface area contributed by atoms with E-state index in [-0.39, 0.29) is 0 Å². The van der Waals surface area contributed by atoms with Crippen molar-refractivity contribution in [1.29, 1.82) is 0 Å². The summed E-state index contributed by atoms with van der Waals surface area (Å²) in [5, 5.41) is 0. The zero-order valence-electron chi connectivity index (χ0n) is 58.3. The van der Waals surface area contributed by atoms with E-state index < -0.39 is 0 Å². The monoisotopic (exact) mass is 1170 g/mol. The van der Waals surface area contributed by atoms with Crippen LogP contribution in [0.15, 0.2) is 48.0 Å². The minimum atomic E-state index is 0.977. The number of rotatable bonds is 64. The van der Waals surface area contributed by atoms with Crippen LogP contribution in [0.25, 0.3) is 16.9 Å². The maximum absolute atomic E-state index is 12.5. The van der Waals surface area contributed by atoms with Gasteiger partial charge in [0.2, 0.25) is 11.4 Å². The molecule has 0 bridgehead atoms. The van der Waals surface area contributed by atoms with Crippen LogP contribution in [-0.2, 0) is 25.7 Å². The number of hydrogen-bond acceptors (Lipinski definition) is 0. The summed E-state index contributed by atoms with van der Waals surface area (Å²) in [5.74, 6) is 0. The van der Waals surface area contributed by atoms with E-state index in [2.05, 4.69) is 77.1 Å². The molecule has 0 atom stereocenters. The van der Waals surface area contributed by atoms with E-state index in [9.17, 15) is 5.53 Å². The summed E-state index contributed by atoms with van der Waals surface area (Å²) in [5.41, 5.74) is 24.0. The molecule has 0 N–H and O–H groups in total. The van der Waals surface area contributed by atoms with Crippen LogP contribution in [0.2, 0.25) is 0 Å². The molecule has 0 aliphatic carbocycles. The van der Waals surface area contributed by atoms with Gasteiger partial charge < -0.3 is 5.53 Å². The largest absolute Gasteiger partial charge is 0.493 e. The van der Waals surface area contributed by atoms with Gasteiger partial charge in [-0.05, 0) is 111 Å². The summed E-state index contributed by atoms with van der Waals surface area (Å²) in [6.07, 6.45) is 88.1. The average Bonchev–Trinajstić information content (AvgIpc) is 2.81. The van der Waals surface area contributed by atoms with Crippen LogP contribution < -0.4 is 0 Å². The minimum Gasteiger partial charge on any atom is -0.493 e. The number of nitrogens with zero attached hydrogens (tertiary/aromatic N) is 2. The molecular formula is C83H146N2. The summed E-state index contributed by atoms with van der Waals surface area (Å²) in [6, 6.07) is 14.7. The molecular weight excluding hydrogens is 1020 g/mol. The highest BCUT2D eigenvalue weighted by molar-refractivity contribution is 5.79. The fourth-order valence-electron chi connectivity index (χ4n) is 13.9. The predicted molar refractivity (Wildman–Crippen MR) is 382 cm³/mol. The molecule has 0 unspecified atom stereocenters. The van der Waals surface area contributed by atoms with Crippen LogP contribution in [0.3, 0.4) is 0 Å². The minimum absolute atomic E-state index is 0.977. The van der Waals surface area contributed by atoms with Crippen molar-refractivity contribution in [1.82, 2.24) is 0 Å². The summed E-state index contributed by atoms with van der Waals surface area (Å²) < 4.78 is 1.62. The molecule has 3 rings (SSSR count). The molecule has 1 aliphatic rings. The number of aryl methyl sites for hydroxylation is 4. The zero-order valence-corrected chi connectivity index (χ0v) is 58.3. The Balaban J connectivity index is 1.41. The molecule has 2 heteroatoms. The lowest BCUT2D eigenvalue weighted by Crippen LogP contribution is -2.05. The normalized spacial score (nSPS) is 12.7. The Morgan fingerprint density at radius 1 is 0.224 bits per heavy atom. The second kappa shape index (κ2) is 56.7. The second-order valence-corrected chi connectivity index (χ2v) is 27.9. The number of unbranched alkanes of at least 4 members (excludes halogenated alkanes) is 52. The fraction of sp³-hybridized carbons (Fsp3) is 0.807. The van der Waals surface area contributed by atoms with Crippen molar-refractivity contribution in [2.75, 3.05) is 0 Å². The fourth-order valence-corrected chi connectivity index (χ4v) is 13.9. The quantitative estimate of drug-likeness (QED) is 0.0466. The third kappa shape index (κ3) is 40.7. The first-order valence-electron chi connectivity index (χ1n) is 39.2. The number of hydrogen-bond donors (Lipinski definition) is 0. The molecule has 0 saturated heterocycles. The Morgan fingerprint density at radius 3 is 0.682 bits per heavy atom. The van der Waals surface area contributed by atoms with E-state index in [4.69, 9.17) is 0 Å². The first-order chi connectivity index (χ1) is 42.0. The first kappa shape index (κ1) is 76.8. The number of benzene rings is 2. The smallest absolute Gasteiger partial charge is 0.210 e. The summed E-state index contributed by atoms with van der Waals surface area (Å²) in [6.45, 7) is 11.5. The van der Waals surface area contributed by atoms with Gasteiger partial charge in [0, 0.05) is 22.8 Å². The van der Waals surface area contributed by atoms with Gasteiger partial charge in [0.25, 0.3) is 0 Å². The molecule has 2 aromatic carbocycles. The van der Waals surface area contributed by atoms with Crippen LogP contribution in [0.1, 0.15) is 440 Å². The highest BCUT2D eigenvalue weighted by Gasteiger charge is 2.30. The third-order valence-corrected chi connectivity index (χ3v) is 19.6. The van der Waals surface area contributed by atoms with Crippen LogP contribution >= 0.6 is 0 Å². The Morgan fingerprint density at radius 2 is 0.424 bits per heavy atom. The predicted octanol–water partition coefficient (Wildman–Crippen LogP) is 29.4. The molecule has 2 nitrogen and oxygen atoms in total. The maximum Gasteiger partial charge on any atom is 0.210 e. The van der Waals surface area contributed by atoms with Crippen LogP contribution in [0.5, 0.6) is 0 Å². The van der Waals surface area contributed by atoms with E-state index >= 15 is 0 Å². The van der Waals surface area contributed by atoms with Gasteiger partial charge in [0.15, 0.2) is 0 Å². The maximum atomic E-state index is 12.5. The zero-order chi connectivity index (χ0) is 60.6. The molecule has 85 heavy (non-hydrogen) atoms. The lowest BCUT2D eigenvalue weighted by atomic mass is 9.94. The molecule has 0 aromatic heterocycles. The molecule has 0 saturated carbocycles. The first-order valence-corrected chi connectivity index (χ1v) is 39.2. The SMILES string of the molecule is CCCCCCCCCCCCCCCCCCCCCCCCCCCc1cc(CCCCCCCCCCCCCCCCCCCCCCCCCCC)cc(C2=C(CCCCC)C=C(c3cc(CCCC)cc(CCCC)c3)[N+]2=[N-])c1. The summed E-state index contributed by atoms with van der Waals surface area (Å²) in [7, 11) is 0. The van der Waals surface area contributed by atoms with E-state index in [1.54, 1.807) is 4.70 Å². The molecule has 1 heterocycles. The van der Waals surface area contributed by atoms with Gasteiger partial charge >= 0.3 is 0 Å². The van der Waals surface area contributed by atoms with Gasteiger partial charge in [-0.25, -0.2) is 4.70 Å². The molecule has 1 aliphatic heterocycles. The van der Waals surface area contributed by atoms with Crippen LogP contribution in [0.4, 0.5) is 0 Å². The molecule has 2 aromatic rings. The van der Waals surface area contributed by atoms with Crippen molar-refractivity contribution >= 4 is 11.4 Å². The Hall–Kier alpha value is -2.48. The van der Waals surface area contributed by atoms with Gasteiger partial charge in [-0.2, -0.15) is 0 Å². The van der Waals surface area contributed by atoms with Crippen molar-refractivity contribution in [3.8, 4) is 0 Å². The Labute approximate surface area is 532 Å².